The van der Waals surface area contributed by atoms with E-state index < -0.39 is 5.60 Å². The van der Waals surface area contributed by atoms with Crippen LogP contribution in [0.4, 0.5) is 0 Å². The van der Waals surface area contributed by atoms with E-state index in [1.807, 2.05) is 6.92 Å². The Morgan fingerprint density at radius 1 is 1.29 bits per heavy atom. The molecule has 1 aliphatic carbocycles. The summed E-state index contributed by atoms with van der Waals surface area (Å²) < 4.78 is 5.47. The Morgan fingerprint density at radius 2 is 2.06 bits per heavy atom. The molecule has 0 bridgehead atoms. The fourth-order valence-corrected chi connectivity index (χ4v) is 3.18. The number of hydrogen-bond donors (Lipinski definition) is 2. The van der Waals surface area contributed by atoms with E-state index in [4.69, 9.17) is 4.74 Å². The highest BCUT2D eigenvalue weighted by Gasteiger charge is 2.40. The van der Waals surface area contributed by atoms with Gasteiger partial charge in [-0.15, -0.1) is 0 Å². The summed E-state index contributed by atoms with van der Waals surface area (Å²) in [6, 6.07) is 0.565. The second kappa shape index (κ2) is 5.25. The third-order valence-electron chi connectivity index (χ3n) is 5.04. The number of rotatable bonds is 3. The standard InChI is InChI=1S/C14H27NO2/c1-10-5-4-6-13(11(10)2)15-9-14(16)7-8-17-12(14)3/h10-13,15-16H,4-9H2,1-3H3. The highest BCUT2D eigenvalue weighted by Crippen LogP contribution is 2.31. The Kier molecular flexibility index (Phi) is 4.11. The lowest BCUT2D eigenvalue weighted by molar-refractivity contribution is -0.0300. The van der Waals surface area contributed by atoms with Crippen molar-refractivity contribution in [2.75, 3.05) is 13.2 Å². The molecule has 5 unspecified atom stereocenters. The summed E-state index contributed by atoms with van der Waals surface area (Å²) in [5.41, 5.74) is -0.652. The van der Waals surface area contributed by atoms with Gasteiger partial charge in [0.15, 0.2) is 0 Å². The molecular formula is C14H27NO2. The SMILES string of the molecule is CC1CCCC(NCC2(O)CCOC2C)C1C. The number of nitrogens with one attached hydrogen (secondary N) is 1. The molecule has 1 heterocycles. The monoisotopic (exact) mass is 241 g/mol. The topological polar surface area (TPSA) is 41.5 Å². The van der Waals surface area contributed by atoms with Gasteiger partial charge in [-0.3, -0.25) is 0 Å². The van der Waals surface area contributed by atoms with Crippen LogP contribution >= 0.6 is 0 Å². The van der Waals surface area contributed by atoms with Crippen LogP contribution in [0.1, 0.15) is 46.5 Å². The van der Waals surface area contributed by atoms with E-state index in [1.165, 1.54) is 19.3 Å². The van der Waals surface area contributed by atoms with Crippen molar-refractivity contribution in [1.29, 1.82) is 0 Å². The molecule has 1 saturated carbocycles. The molecule has 0 aromatic carbocycles. The highest BCUT2D eigenvalue weighted by atomic mass is 16.5. The first-order chi connectivity index (χ1) is 8.03. The summed E-state index contributed by atoms with van der Waals surface area (Å²) in [7, 11) is 0. The lowest BCUT2D eigenvalue weighted by atomic mass is 9.78. The molecule has 0 spiro atoms. The third-order valence-corrected chi connectivity index (χ3v) is 5.04. The Balaban J connectivity index is 1.85. The summed E-state index contributed by atoms with van der Waals surface area (Å²) in [5.74, 6) is 1.51. The van der Waals surface area contributed by atoms with E-state index in [0.29, 0.717) is 25.1 Å². The zero-order chi connectivity index (χ0) is 12.5. The maximum Gasteiger partial charge on any atom is 0.105 e. The second-order valence-corrected chi connectivity index (χ2v) is 6.12. The van der Waals surface area contributed by atoms with Gasteiger partial charge in [0, 0.05) is 25.6 Å². The molecule has 2 rings (SSSR count). The highest BCUT2D eigenvalue weighted by molar-refractivity contribution is 4.93. The minimum Gasteiger partial charge on any atom is -0.386 e. The van der Waals surface area contributed by atoms with E-state index in [9.17, 15) is 5.11 Å². The molecule has 2 fully saturated rings. The van der Waals surface area contributed by atoms with Crippen molar-refractivity contribution in [3.8, 4) is 0 Å². The smallest absolute Gasteiger partial charge is 0.105 e. The quantitative estimate of drug-likeness (QED) is 0.793. The Hall–Kier alpha value is -0.120. The van der Waals surface area contributed by atoms with Gasteiger partial charge in [0.2, 0.25) is 0 Å². The van der Waals surface area contributed by atoms with Crippen LogP contribution in [0.5, 0.6) is 0 Å². The summed E-state index contributed by atoms with van der Waals surface area (Å²) in [4.78, 5) is 0. The normalized spacial score (nSPS) is 47.3. The Labute approximate surface area is 105 Å². The number of hydrogen-bond acceptors (Lipinski definition) is 3. The van der Waals surface area contributed by atoms with Gasteiger partial charge < -0.3 is 15.2 Å². The summed E-state index contributed by atoms with van der Waals surface area (Å²) in [5, 5.41) is 14.0. The van der Waals surface area contributed by atoms with Gasteiger partial charge in [-0.2, -0.15) is 0 Å². The van der Waals surface area contributed by atoms with Crippen molar-refractivity contribution in [1.82, 2.24) is 5.32 Å². The molecule has 5 atom stereocenters. The van der Waals surface area contributed by atoms with Crippen LogP contribution in [-0.2, 0) is 4.74 Å². The van der Waals surface area contributed by atoms with Gasteiger partial charge in [0.25, 0.3) is 0 Å². The largest absolute Gasteiger partial charge is 0.386 e. The van der Waals surface area contributed by atoms with Crippen molar-refractivity contribution < 1.29 is 9.84 Å². The maximum atomic E-state index is 10.5. The Morgan fingerprint density at radius 3 is 2.71 bits per heavy atom. The summed E-state index contributed by atoms with van der Waals surface area (Å²) in [6.45, 7) is 8.02. The van der Waals surface area contributed by atoms with Gasteiger partial charge >= 0.3 is 0 Å². The fourth-order valence-electron chi connectivity index (χ4n) is 3.18. The lowest BCUT2D eigenvalue weighted by Crippen LogP contribution is -2.51. The van der Waals surface area contributed by atoms with E-state index in [2.05, 4.69) is 19.2 Å². The Bertz CT molecular complexity index is 259. The van der Waals surface area contributed by atoms with E-state index in [1.54, 1.807) is 0 Å². The minimum atomic E-state index is -0.652. The molecule has 0 aromatic heterocycles. The average molecular weight is 241 g/mol. The molecule has 17 heavy (non-hydrogen) atoms. The van der Waals surface area contributed by atoms with Crippen molar-refractivity contribution in [2.45, 2.75) is 64.2 Å². The molecule has 1 aliphatic heterocycles. The van der Waals surface area contributed by atoms with Crippen molar-refractivity contribution >= 4 is 0 Å². The molecule has 3 heteroatoms. The predicted molar refractivity (Wildman–Crippen MR) is 69.0 cm³/mol. The van der Waals surface area contributed by atoms with Crippen molar-refractivity contribution in [3.63, 3.8) is 0 Å². The van der Waals surface area contributed by atoms with Crippen LogP contribution in [0.2, 0.25) is 0 Å². The number of aliphatic hydroxyl groups is 1. The second-order valence-electron chi connectivity index (χ2n) is 6.12. The first kappa shape index (κ1) is 13.3. The van der Waals surface area contributed by atoms with Gasteiger partial charge in [0.1, 0.15) is 5.60 Å². The third kappa shape index (κ3) is 2.83. The lowest BCUT2D eigenvalue weighted by Gasteiger charge is -2.37. The van der Waals surface area contributed by atoms with Crippen LogP contribution in [0.3, 0.4) is 0 Å². The van der Waals surface area contributed by atoms with Gasteiger partial charge in [-0.1, -0.05) is 26.7 Å². The van der Waals surface area contributed by atoms with Crippen LogP contribution in [0.15, 0.2) is 0 Å². The molecule has 1 saturated heterocycles. The molecule has 2 N–H and O–H groups in total. The van der Waals surface area contributed by atoms with Crippen LogP contribution in [-0.4, -0.2) is 36.0 Å². The predicted octanol–water partition coefficient (Wildman–Crippen LogP) is 1.94. The molecule has 2 aliphatic rings. The van der Waals surface area contributed by atoms with E-state index in [0.717, 1.165) is 12.3 Å². The first-order valence-corrected chi connectivity index (χ1v) is 7.10. The molecule has 0 radical (unpaired) electrons. The average Bonchev–Trinajstić information content (AvgIpc) is 2.62. The van der Waals surface area contributed by atoms with Crippen molar-refractivity contribution in [2.24, 2.45) is 11.8 Å². The molecule has 3 nitrogen and oxygen atoms in total. The van der Waals surface area contributed by atoms with Gasteiger partial charge in [-0.25, -0.2) is 0 Å². The summed E-state index contributed by atoms with van der Waals surface area (Å²) >= 11 is 0. The van der Waals surface area contributed by atoms with Crippen molar-refractivity contribution in [3.05, 3.63) is 0 Å². The summed E-state index contributed by atoms with van der Waals surface area (Å²) in [6.07, 6.45) is 4.64. The maximum absolute atomic E-state index is 10.5. The van der Waals surface area contributed by atoms with Gasteiger partial charge in [0.05, 0.1) is 6.10 Å². The van der Waals surface area contributed by atoms with Crippen LogP contribution in [0, 0.1) is 11.8 Å². The van der Waals surface area contributed by atoms with E-state index in [-0.39, 0.29) is 6.10 Å². The van der Waals surface area contributed by atoms with Crippen LogP contribution < -0.4 is 5.32 Å². The minimum absolute atomic E-state index is 0.0358. The molecular weight excluding hydrogens is 214 g/mol. The first-order valence-electron chi connectivity index (χ1n) is 7.10. The fraction of sp³-hybridized carbons (Fsp3) is 1.00. The zero-order valence-electron chi connectivity index (χ0n) is 11.4. The molecule has 0 aromatic rings. The number of ether oxygens (including phenoxy) is 1. The van der Waals surface area contributed by atoms with Crippen LogP contribution in [0.25, 0.3) is 0 Å². The van der Waals surface area contributed by atoms with E-state index >= 15 is 0 Å². The van der Waals surface area contributed by atoms with Gasteiger partial charge in [-0.05, 0) is 25.2 Å². The molecule has 100 valence electrons. The zero-order valence-corrected chi connectivity index (χ0v) is 11.4. The molecule has 0 amide bonds.